The van der Waals surface area contributed by atoms with Crippen molar-refractivity contribution in [1.82, 2.24) is 4.98 Å². The second-order valence-corrected chi connectivity index (χ2v) is 6.59. The summed E-state index contributed by atoms with van der Waals surface area (Å²) in [7, 11) is 0. The quantitative estimate of drug-likeness (QED) is 0.844. The first-order valence-corrected chi connectivity index (χ1v) is 7.99. The Balaban J connectivity index is 1.95. The molecule has 0 unspecified atom stereocenters. The maximum absolute atomic E-state index is 14.2. The predicted octanol–water partition coefficient (Wildman–Crippen LogP) is 3.65. The van der Waals surface area contributed by atoms with Crippen LogP contribution in [0, 0.1) is 5.82 Å². The van der Waals surface area contributed by atoms with Crippen molar-refractivity contribution in [2.45, 2.75) is 24.0 Å². The van der Waals surface area contributed by atoms with Crippen LogP contribution in [-0.2, 0) is 0 Å². The molecule has 0 spiro atoms. The maximum Gasteiger partial charge on any atom is 0.150 e. The summed E-state index contributed by atoms with van der Waals surface area (Å²) in [4.78, 5) is 4.28. The van der Waals surface area contributed by atoms with Gasteiger partial charge in [-0.15, -0.1) is 0 Å². The molecule has 0 saturated heterocycles. The number of hydrogen-bond acceptors (Lipinski definition) is 4. The topological polar surface area (TPSA) is 50.9 Å². The van der Waals surface area contributed by atoms with Gasteiger partial charge in [-0.05, 0) is 37.3 Å². The number of hydrogen-bond donors (Lipinski definition) is 2. The first-order chi connectivity index (χ1) is 9.65. The fourth-order valence-corrected chi connectivity index (χ4v) is 3.59. The Bertz CT molecular complexity index is 635. The first kappa shape index (κ1) is 13.5. The highest BCUT2D eigenvalue weighted by atomic mass is 32.2. The van der Waals surface area contributed by atoms with Crippen molar-refractivity contribution >= 4 is 34.0 Å². The summed E-state index contributed by atoms with van der Waals surface area (Å²) in [6.07, 6.45) is 7.41. The van der Waals surface area contributed by atoms with Crippen molar-refractivity contribution in [2.24, 2.45) is 0 Å². The van der Waals surface area contributed by atoms with E-state index in [9.17, 15) is 4.39 Å². The van der Waals surface area contributed by atoms with E-state index >= 15 is 0 Å². The average molecular weight is 291 g/mol. The van der Waals surface area contributed by atoms with Crippen molar-refractivity contribution in [3.63, 3.8) is 0 Å². The van der Waals surface area contributed by atoms with Gasteiger partial charge in [-0.3, -0.25) is 4.98 Å². The molecule has 106 valence electrons. The molecule has 3 rings (SSSR count). The molecule has 0 atom stereocenters. The van der Waals surface area contributed by atoms with Crippen molar-refractivity contribution < 1.29 is 4.39 Å². The predicted molar refractivity (Wildman–Crippen MR) is 84.7 cm³/mol. The van der Waals surface area contributed by atoms with Gasteiger partial charge in [-0.25, -0.2) is 4.39 Å². The molecule has 0 bridgehead atoms. The maximum atomic E-state index is 14.2. The molecule has 1 aliphatic rings. The molecule has 1 aromatic heterocycles. The van der Waals surface area contributed by atoms with E-state index in [-0.39, 0.29) is 10.6 Å². The van der Waals surface area contributed by atoms with Crippen molar-refractivity contribution in [3.8, 4) is 0 Å². The smallest absolute Gasteiger partial charge is 0.150 e. The van der Waals surface area contributed by atoms with Crippen LogP contribution in [0.15, 0.2) is 24.4 Å². The van der Waals surface area contributed by atoms with Crippen molar-refractivity contribution in [1.29, 1.82) is 0 Å². The summed E-state index contributed by atoms with van der Waals surface area (Å²) in [5.74, 6) is -0.329. The largest absolute Gasteiger partial charge is 0.398 e. The molecule has 0 aliphatic heterocycles. The summed E-state index contributed by atoms with van der Waals surface area (Å²) in [6.45, 7) is 0.765. The Morgan fingerprint density at radius 1 is 1.50 bits per heavy atom. The van der Waals surface area contributed by atoms with Crippen LogP contribution in [0.25, 0.3) is 10.9 Å². The van der Waals surface area contributed by atoms with Crippen LogP contribution >= 0.6 is 11.8 Å². The lowest BCUT2D eigenvalue weighted by Crippen LogP contribution is -2.40. The number of rotatable bonds is 4. The minimum absolute atomic E-state index is 0.245. The van der Waals surface area contributed by atoms with E-state index in [0.717, 1.165) is 11.9 Å². The minimum atomic E-state index is -0.329. The Labute approximate surface area is 122 Å². The average Bonchev–Trinajstić information content (AvgIpc) is 2.41. The first-order valence-electron chi connectivity index (χ1n) is 6.77. The van der Waals surface area contributed by atoms with E-state index in [1.165, 1.54) is 25.3 Å². The Morgan fingerprint density at radius 3 is 2.95 bits per heavy atom. The van der Waals surface area contributed by atoms with Gasteiger partial charge in [0, 0.05) is 28.6 Å². The number of aromatic nitrogens is 1. The molecular formula is C15H18FN3S. The molecule has 20 heavy (non-hydrogen) atoms. The molecular weight excluding hydrogens is 273 g/mol. The van der Waals surface area contributed by atoms with Crippen LogP contribution in [0.3, 0.4) is 0 Å². The number of nitrogens with zero attached hydrogens (tertiary/aromatic N) is 1. The lowest BCUT2D eigenvalue weighted by Gasteiger charge is -2.40. The Kier molecular flexibility index (Phi) is 3.46. The van der Waals surface area contributed by atoms with E-state index in [0.29, 0.717) is 16.9 Å². The van der Waals surface area contributed by atoms with E-state index in [1.54, 1.807) is 6.20 Å². The highest BCUT2D eigenvalue weighted by Gasteiger charge is 2.36. The van der Waals surface area contributed by atoms with E-state index in [4.69, 9.17) is 5.73 Å². The van der Waals surface area contributed by atoms with Crippen LogP contribution in [-0.4, -0.2) is 22.5 Å². The van der Waals surface area contributed by atoms with Gasteiger partial charge in [0.25, 0.3) is 0 Å². The number of nitrogens with one attached hydrogen (secondary N) is 1. The second-order valence-electron chi connectivity index (χ2n) is 5.32. The number of nitrogen functional groups attached to an aromatic ring is 1. The van der Waals surface area contributed by atoms with Gasteiger partial charge >= 0.3 is 0 Å². The zero-order valence-electron chi connectivity index (χ0n) is 11.4. The normalized spacial score (nSPS) is 16.9. The number of fused-ring (bicyclic) bond motifs is 1. The number of pyridine rings is 1. The molecule has 3 N–H and O–H groups in total. The third kappa shape index (κ3) is 2.20. The van der Waals surface area contributed by atoms with Crippen LogP contribution in [0.5, 0.6) is 0 Å². The summed E-state index contributed by atoms with van der Waals surface area (Å²) < 4.78 is 14.4. The van der Waals surface area contributed by atoms with E-state index < -0.39 is 0 Å². The second kappa shape index (κ2) is 5.13. The standard InChI is InChI=1S/C15H18FN3S/c1-20-15(5-3-6-15)9-19-14-11(16)8-12(17)10-4-2-7-18-13(10)14/h2,4,7-8,19H,3,5-6,9,17H2,1H3. The molecule has 1 aromatic carbocycles. The number of nitrogens with two attached hydrogens (primary N) is 1. The van der Waals surface area contributed by atoms with Crippen LogP contribution in [0.1, 0.15) is 19.3 Å². The molecule has 0 radical (unpaired) electrons. The fourth-order valence-electron chi connectivity index (χ4n) is 2.68. The van der Waals surface area contributed by atoms with Crippen molar-refractivity contribution in [3.05, 3.63) is 30.2 Å². The molecule has 0 amide bonds. The third-order valence-electron chi connectivity index (χ3n) is 4.16. The summed E-state index contributed by atoms with van der Waals surface area (Å²) in [6, 6.07) is 5.06. The van der Waals surface area contributed by atoms with Gasteiger partial charge in [0.1, 0.15) is 0 Å². The molecule has 1 aliphatic carbocycles. The molecule has 3 nitrogen and oxygen atoms in total. The lowest BCUT2D eigenvalue weighted by molar-refractivity contribution is 0.379. The monoisotopic (exact) mass is 291 g/mol. The van der Waals surface area contributed by atoms with Crippen molar-refractivity contribution in [2.75, 3.05) is 23.9 Å². The minimum Gasteiger partial charge on any atom is -0.398 e. The van der Waals surface area contributed by atoms with Gasteiger partial charge in [0.15, 0.2) is 5.82 Å². The summed E-state index contributed by atoms with van der Waals surface area (Å²) in [5.41, 5.74) is 7.37. The molecule has 5 heteroatoms. The number of halogens is 1. The zero-order chi connectivity index (χ0) is 14.2. The SMILES string of the molecule is CSC1(CNc2c(F)cc(N)c3cccnc23)CCC1. The van der Waals surface area contributed by atoms with E-state index in [1.807, 2.05) is 23.9 Å². The van der Waals surface area contributed by atoms with Gasteiger partial charge < -0.3 is 11.1 Å². The van der Waals surface area contributed by atoms with E-state index in [2.05, 4.69) is 16.6 Å². The number of benzene rings is 1. The molecule has 1 fully saturated rings. The van der Waals surface area contributed by atoms with Gasteiger partial charge in [-0.2, -0.15) is 11.8 Å². The van der Waals surface area contributed by atoms with Gasteiger partial charge in [-0.1, -0.05) is 6.42 Å². The Morgan fingerprint density at radius 2 is 2.30 bits per heavy atom. The van der Waals surface area contributed by atoms with Crippen LogP contribution in [0.4, 0.5) is 15.8 Å². The lowest BCUT2D eigenvalue weighted by atomic mass is 9.84. The highest BCUT2D eigenvalue weighted by Crippen LogP contribution is 2.43. The summed E-state index contributed by atoms with van der Waals surface area (Å²) in [5, 5.41) is 4.06. The molecule has 1 saturated carbocycles. The molecule has 2 aromatic rings. The van der Waals surface area contributed by atoms with Gasteiger partial charge in [0.2, 0.25) is 0 Å². The Hall–Kier alpha value is -1.49. The summed E-state index contributed by atoms with van der Waals surface area (Å²) >= 11 is 1.86. The van der Waals surface area contributed by atoms with Crippen LogP contribution in [0.2, 0.25) is 0 Å². The number of thioether (sulfide) groups is 1. The zero-order valence-corrected chi connectivity index (χ0v) is 12.3. The fraction of sp³-hybridized carbons (Fsp3) is 0.400. The number of anilines is 2. The van der Waals surface area contributed by atoms with Crippen LogP contribution < -0.4 is 11.1 Å². The third-order valence-corrected chi connectivity index (χ3v) is 5.58. The van der Waals surface area contributed by atoms with Gasteiger partial charge in [0.05, 0.1) is 11.2 Å². The molecule has 1 heterocycles. The highest BCUT2D eigenvalue weighted by molar-refractivity contribution is 8.00.